The molecule has 0 amide bonds. The van der Waals surface area contributed by atoms with E-state index in [1.165, 1.54) is 6.08 Å². The largest absolute Gasteiger partial charge is 0.500 e. The van der Waals surface area contributed by atoms with Crippen molar-refractivity contribution in [2.45, 2.75) is 38.7 Å². The van der Waals surface area contributed by atoms with Crippen LogP contribution in [0.25, 0.3) is 0 Å². The normalized spacial score (nSPS) is 37.6. The lowest BCUT2D eigenvalue weighted by atomic mass is 9.58. The number of methoxy groups -OCH3 is 2. The molecule has 2 bridgehead atoms. The number of rotatable bonds is 6. The number of carbonyl (C=O) groups is 2. The molecule has 0 heterocycles. The molecule has 0 aliphatic heterocycles. The minimum atomic E-state index is -0.717. The highest BCUT2D eigenvalue weighted by molar-refractivity contribution is 6.06. The zero-order chi connectivity index (χ0) is 17.3. The van der Waals surface area contributed by atoms with Crippen molar-refractivity contribution in [2.75, 3.05) is 27.6 Å². The molecule has 1 spiro atoms. The lowest BCUT2D eigenvalue weighted by Gasteiger charge is -2.46. The number of fused-ring (bicyclic) bond motifs is 1. The summed E-state index contributed by atoms with van der Waals surface area (Å²) in [4.78, 5) is 25.0. The molecule has 0 N–H and O–H groups in total. The third-order valence-corrected chi connectivity index (χ3v) is 5.91. The summed E-state index contributed by atoms with van der Waals surface area (Å²) in [5, 5.41) is 0. The molecular weight excluding hydrogens is 312 g/mol. The SMILES string of the molecule is CCOC(=O)[C@@H]1C(=O)C=C(OC)C23CC(CC[C@@H]12)[C@@H](OCOC)C3. The first-order valence-electron chi connectivity index (χ1n) is 8.64. The number of hydrogen-bond acceptors (Lipinski definition) is 6. The van der Waals surface area contributed by atoms with E-state index in [4.69, 9.17) is 18.9 Å². The van der Waals surface area contributed by atoms with Crippen LogP contribution in [0.1, 0.15) is 32.6 Å². The van der Waals surface area contributed by atoms with Crippen LogP contribution < -0.4 is 0 Å². The Morgan fingerprint density at radius 1 is 1.29 bits per heavy atom. The van der Waals surface area contributed by atoms with Crippen LogP contribution in [-0.2, 0) is 28.5 Å². The van der Waals surface area contributed by atoms with E-state index in [0.29, 0.717) is 11.7 Å². The molecule has 2 fully saturated rings. The Hall–Kier alpha value is -1.40. The summed E-state index contributed by atoms with van der Waals surface area (Å²) in [6.07, 6.45) is 4.99. The van der Waals surface area contributed by atoms with Crippen molar-refractivity contribution < 1.29 is 28.5 Å². The van der Waals surface area contributed by atoms with Crippen molar-refractivity contribution in [3.63, 3.8) is 0 Å². The van der Waals surface area contributed by atoms with Gasteiger partial charge in [-0.1, -0.05) is 0 Å². The molecule has 0 aromatic rings. The Bertz CT molecular complexity index is 542. The minimum absolute atomic E-state index is 0.0728. The van der Waals surface area contributed by atoms with Crippen molar-refractivity contribution >= 4 is 11.8 Å². The second kappa shape index (κ2) is 6.84. The molecule has 3 aliphatic rings. The summed E-state index contributed by atoms with van der Waals surface area (Å²) in [5.74, 6) is -0.279. The third kappa shape index (κ3) is 2.65. The lowest BCUT2D eigenvalue weighted by molar-refractivity contribution is -0.157. The van der Waals surface area contributed by atoms with Gasteiger partial charge in [0.15, 0.2) is 5.78 Å². The van der Waals surface area contributed by atoms with E-state index < -0.39 is 11.9 Å². The fraction of sp³-hybridized carbons (Fsp3) is 0.778. The number of allylic oxidation sites excluding steroid dienone is 2. The topological polar surface area (TPSA) is 71.1 Å². The van der Waals surface area contributed by atoms with Crippen molar-refractivity contribution in [3.05, 3.63) is 11.8 Å². The quantitative estimate of drug-likeness (QED) is 0.419. The maximum absolute atomic E-state index is 12.6. The Balaban J connectivity index is 1.93. The molecule has 6 heteroatoms. The van der Waals surface area contributed by atoms with Gasteiger partial charge in [-0.3, -0.25) is 9.59 Å². The minimum Gasteiger partial charge on any atom is -0.500 e. The van der Waals surface area contributed by atoms with Gasteiger partial charge in [-0.2, -0.15) is 0 Å². The summed E-state index contributed by atoms with van der Waals surface area (Å²) in [6.45, 7) is 2.30. The molecule has 5 atom stereocenters. The summed E-state index contributed by atoms with van der Waals surface area (Å²) < 4.78 is 21.7. The van der Waals surface area contributed by atoms with Crippen LogP contribution in [0.4, 0.5) is 0 Å². The van der Waals surface area contributed by atoms with Gasteiger partial charge in [0.25, 0.3) is 0 Å². The standard InChI is InChI=1S/C18H26O6/c1-4-23-17(20)16-12-6-5-11-8-18(12,9-14(11)24-10-21-2)15(22-3)7-13(16)19/h7,11-12,14,16H,4-6,8-10H2,1-3H3/t11?,12-,14-,16-,18?/m0/s1. The summed E-state index contributed by atoms with van der Waals surface area (Å²) in [5.41, 5.74) is -0.304. The Morgan fingerprint density at radius 3 is 2.75 bits per heavy atom. The van der Waals surface area contributed by atoms with Gasteiger partial charge in [0.1, 0.15) is 18.5 Å². The Kier molecular flexibility index (Phi) is 4.97. The van der Waals surface area contributed by atoms with Crippen molar-refractivity contribution in [3.8, 4) is 0 Å². The van der Waals surface area contributed by atoms with E-state index in [9.17, 15) is 9.59 Å². The van der Waals surface area contributed by atoms with Gasteiger partial charge in [-0.05, 0) is 44.4 Å². The van der Waals surface area contributed by atoms with Gasteiger partial charge >= 0.3 is 5.97 Å². The lowest BCUT2D eigenvalue weighted by Crippen LogP contribution is -2.48. The molecule has 2 saturated carbocycles. The number of carbonyl (C=O) groups excluding carboxylic acids is 2. The zero-order valence-electron chi connectivity index (χ0n) is 14.6. The molecule has 134 valence electrons. The smallest absolute Gasteiger partial charge is 0.317 e. The number of hydrogen-bond donors (Lipinski definition) is 0. The molecule has 3 rings (SSSR count). The predicted octanol–water partition coefficient (Wildman–Crippen LogP) is 2.07. The van der Waals surface area contributed by atoms with Crippen LogP contribution >= 0.6 is 0 Å². The van der Waals surface area contributed by atoms with Gasteiger partial charge in [0.2, 0.25) is 0 Å². The summed E-state index contributed by atoms with van der Waals surface area (Å²) in [6, 6.07) is 0. The predicted molar refractivity (Wildman–Crippen MR) is 84.9 cm³/mol. The zero-order valence-corrected chi connectivity index (χ0v) is 14.6. The van der Waals surface area contributed by atoms with E-state index in [-0.39, 0.29) is 36.6 Å². The first kappa shape index (κ1) is 17.4. The maximum atomic E-state index is 12.6. The van der Waals surface area contributed by atoms with Gasteiger partial charge in [0.05, 0.1) is 19.8 Å². The first-order chi connectivity index (χ1) is 11.6. The Labute approximate surface area is 142 Å². The molecular formula is C18H26O6. The van der Waals surface area contributed by atoms with Crippen molar-refractivity contribution in [1.29, 1.82) is 0 Å². The Morgan fingerprint density at radius 2 is 2.08 bits per heavy atom. The molecule has 0 aromatic heterocycles. The monoisotopic (exact) mass is 338 g/mol. The molecule has 0 aromatic carbocycles. The summed E-state index contributed by atoms with van der Waals surface area (Å²) in [7, 11) is 3.21. The highest BCUT2D eigenvalue weighted by Gasteiger charge is 2.62. The van der Waals surface area contributed by atoms with Crippen LogP contribution in [0.2, 0.25) is 0 Å². The van der Waals surface area contributed by atoms with E-state index in [2.05, 4.69) is 0 Å². The second-order valence-corrected chi connectivity index (χ2v) is 6.96. The highest BCUT2D eigenvalue weighted by atomic mass is 16.7. The third-order valence-electron chi connectivity index (χ3n) is 5.91. The summed E-state index contributed by atoms with van der Waals surface area (Å²) >= 11 is 0. The highest BCUT2D eigenvalue weighted by Crippen LogP contribution is 2.62. The number of ether oxygens (including phenoxy) is 4. The van der Waals surface area contributed by atoms with Gasteiger partial charge in [-0.15, -0.1) is 0 Å². The van der Waals surface area contributed by atoms with Crippen molar-refractivity contribution in [1.82, 2.24) is 0 Å². The van der Waals surface area contributed by atoms with Crippen LogP contribution in [0, 0.1) is 23.2 Å². The number of ketones is 1. The molecule has 0 saturated heterocycles. The van der Waals surface area contributed by atoms with E-state index in [1.807, 2.05) is 0 Å². The molecule has 3 aliphatic carbocycles. The molecule has 24 heavy (non-hydrogen) atoms. The van der Waals surface area contributed by atoms with Crippen LogP contribution in [0.5, 0.6) is 0 Å². The average molecular weight is 338 g/mol. The van der Waals surface area contributed by atoms with E-state index in [1.54, 1.807) is 21.1 Å². The molecule has 6 nitrogen and oxygen atoms in total. The maximum Gasteiger partial charge on any atom is 0.317 e. The molecule has 2 unspecified atom stereocenters. The second-order valence-electron chi connectivity index (χ2n) is 6.96. The van der Waals surface area contributed by atoms with E-state index >= 15 is 0 Å². The van der Waals surface area contributed by atoms with E-state index in [0.717, 1.165) is 25.7 Å². The first-order valence-corrected chi connectivity index (χ1v) is 8.64. The fourth-order valence-electron chi connectivity index (χ4n) is 5.02. The van der Waals surface area contributed by atoms with Crippen LogP contribution in [-0.4, -0.2) is 45.5 Å². The number of esters is 1. The fourth-order valence-corrected chi connectivity index (χ4v) is 5.02. The van der Waals surface area contributed by atoms with Gasteiger partial charge < -0.3 is 18.9 Å². The van der Waals surface area contributed by atoms with Crippen molar-refractivity contribution in [2.24, 2.45) is 23.2 Å². The molecule has 0 radical (unpaired) electrons. The average Bonchev–Trinajstić information content (AvgIpc) is 2.85. The van der Waals surface area contributed by atoms with Gasteiger partial charge in [-0.25, -0.2) is 0 Å². The van der Waals surface area contributed by atoms with Crippen LogP contribution in [0.3, 0.4) is 0 Å². The van der Waals surface area contributed by atoms with Gasteiger partial charge in [0, 0.05) is 18.6 Å². The van der Waals surface area contributed by atoms with Crippen LogP contribution in [0.15, 0.2) is 11.8 Å².